The molecule has 0 saturated carbocycles. The molecule has 4 heteroatoms. The largest absolute Gasteiger partial charge is 0.489 e. The van der Waals surface area contributed by atoms with E-state index < -0.39 is 5.82 Å². The smallest absolute Gasteiger partial charge is 0.141 e. The Kier molecular flexibility index (Phi) is 4.99. The molecule has 0 aliphatic heterocycles. The van der Waals surface area contributed by atoms with Gasteiger partial charge in [-0.2, -0.15) is 0 Å². The van der Waals surface area contributed by atoms with Crippen molar-refractivity contribution >= 4 is 11.6 Å². The molecule has 0 aliphatic rings. The standard InChI is InChI=1S/C16H17ClFNO/c1-11(19)7-12-3-2-4-14(8-12)20-10-13-5-6-16(18)15(17)9-13/h2-6,8-9,11H,7,10,19H2,1H3. The number of rotatable bonds is 5. The van der Waals surface area contributed by atoms with Crippen molar-refractivity contribution in [2.45, 2.75) is 26.0 Å². The van der Waals surface area contributed by atoms with Gasteiger partial charge in [-0.25, -0.2) is 4.39 Å². The highest BCUT2D eigenvalue weighted by Gasteiger charge is 2.03. The summed E-state index contributed by atoms with van der Waals surface area (Å²) < 4.78 is 18.7. The molecule has 2 aromatic rings. The predicted molar refractivity (Wildman–Crippen MR) is 79.5 cm³/mol. The Morgan fingerprint density at radius 2 is 2.00 bits per heavy atom. The fourth-order valence-corrected chi connectivity index (χ4v) is 2.13. The van der Waals surface area contributed by atoms with Crippen LogP contribution in [0.3, 0.4) is 0 Å². The summed E-state index contributed by atoms with van der Waals surface area (Å²) in [6, 6.07) is 12.5. The quantitative estimate of drug-likeness (QED) is 0.906. The molecule has 0 amide bonds. The monoisotopic (exact) mass is 293 g/mol. The molecule has 106 valence electrons. The summed E-state index contributed by atoms with van der Waals surface area (Å²) in [5, 5.41) is 0.108. The maximum atomic E-state index is 13.1. The van der Waals surface area contributed by atoms with Gasteiger partial charge in [-0.3, -0.25) is 0 Å². The summed E-state index contributed by atoms with van der Waals surface area (Å²) in [5.41, 5.74) is 7.74. The molecule has 2 rings (SSSR count). The zero-order chi connectivity index (χ0) is 14.5. The molecule has 2 aromatic carbocycles. The lowest BCUT2D eigenvalue weighted by Gasteiger charge is -2.10. The minimum absolute atomic E-state index is 0.108. The molecule has 1 unspecified atom stereocenters. The molecule has 0 spiro atoms. The van der Waals surface area contributed by atoms with Gasteiger partial charge in [-0.05, 0) is 48.7 Å². The highest BCUT2D eigenvalue weighted by Crippen LogP contribution is 2.19. The fraction of sp³-hybridized carbons (Fsp3) is 0.250. The molecule has 0 saturated heterocycles. The van der Waals surface area contributed by atoms with Crippen molar-refractivity contribution in [3.8, 4) is 5.75 Å². The number of halogens is 2. The molecule has 0 fully saturated rings. The minimum atomic E-state index is -0.422. The first-order valence-electron chi connectivity index (χ1n) is 6.46. The van der Waals surface area contributed by atoms with Crippen LogP contribution in [0, 0.1) is 5.82 Å². The van der Waals surface area contributed by atoms with Crippen LogP contribution in [0.15, 0.2) is 42.5 Å². The van der Waals surface area contributed by atoms with E-state index in [1.54, 1.807) is 12.1 Å². The normalized spacial score (nSPS) is 12.2. The molecule has 2 N–H and O–H groups in total. The van der Waals surface area contributed by atoms with Gasteiger partial charge < -0.3 is 10.5 Å². The SMILES string of the molecule is CC(N)Cc1cccc(OCc2ccc(F)c(Cl)c2)c1. The molecule has 1 atom stereocenters. The Balaban J connectivity index is 2.01. The number of benzene rings is 2. The number of nitrogens with two attached hydrogens (primary N) is 1. The lowest BCUT2D eigenvalue weighted by Crippen LogP contribution is -2.17. The third-order valence-electron chi connectivity index (χ3n) is 2.85. The first kappa shape index (κ1) is 14.8. The van der Waals surface area contributed by atoms with Gasteiger partial charge in [-0.1, -0.05) is 29.8 Å². The van der Waals surface area contributed by atoms with E-state index in [2.05, 4.69) is 0 Å². The Labute approximate surface area is 123 Å². The van der Waals surface area contributed by atoms with Crippen LogP contribution in [0.2, 0.25) is 5.02 Å². The summed E-state index contributed by atoms with van der Waals surface area (Å²) >= 11 is 5.73. The van der Waals surface area contributed by atoms with Crippen LogP contribution in [0.4, 0.5) is 4.39 Å². The van der Waals surface area contributed by atoms with E-state index in [0.717, 1.165) is 23.3 Å². The van der Waals surface area contributed by atoms with E-state index in [0.29, 0.717) is 6.61 Å². The summed E-state index contributed by atoms with van der Waals surface area (Å²) in [4.78, 5) is 0. The van der Waals surface area contributed by atoms with E-state index in [1.165, 1.54) is 6.07 Å². The first-order chi connectivity index (χ1) is 9.54. The van der Waals surface area contributed by atoms with Crippen molar-refractivity contribution in [1.29, 1.82) is 0 Å². The zero-order valence-electron chi connectivity index (χ0n) is 11.3. The van der Waals surface area contributed by atoms with Crippen LogP contribution in [-0.2, 0) is 13.0 Å². The summed E-state index contributed by atoms with van der Waals surface area (Å²) in [5.74, 6) is 0.345. The average molecular weight is 294 g/mol. The maximum Gasteiger partial charge on any atom is 0.141 e. The summed E-state index contributed by atoms with van der Waals surface area (Å²) in [7, 11) is 0. The second-order valence-electron chi connectivity index (χ2n) is 4.87. The van der Waals surface area contributed by atoms with Crippen molar-refractivity contribution in [3.05, 3.63) is 64.4 Å². The van der Waals surface area contributed by atoms with Crippen molar-refractivity contribution in [1.82, 2.24) is 0 Å². The molecular weight excluding hydrogens is 277 g/mol. The fourth-order valence-electron chi connectivity index (χ4n) is 1.93. The Morgan fingerprint density at radius 3 is 2.70 bits per heavy atom. The number of hydrogen-bond donors (Lipinski definition) is 1. The van der Waals surface area contributed by atoms with Gasteiger partial charge in [0.2, 0.25) is 0 Å². The molecule has 0 aliphatic carbocycles. The van der Waals surface area contributed by atoms with Crippen molar-refractivity contribution in [2.75, 3.05) is 0 Å². The molecule has 2 nitrogen and oxygen atoms in total. The van der Waals surface area contributed by atoms with E-state index >= 15 is 0 Å². The van der Waals surface area contributed by atoms with Gasteiger partial charge in [0.15, 0.2) is 0 Å². The average Bonchev–Trinajstić information content (AvgIpc) is 2.40. The van der Waals surface area contributed by atoms with Crippen molar-refractivity contribution in [3.63, 3.8) is 0 Å². The molecule has 0 radical (unpaired) electrons. The minimum Gasteiger partial charge on any atom is -0.489 e. The zero-order valence-corrected chi connectivity index (χ0v) is 12.0. The van der Waals surface area contributed by atoms with Gasteiger partial charge in [0, 0.05) is 6.04 Å². The second-order valence-corrected chi connectivity index (χ2v) is 5.27. The highest BCUT2D eigenvalue weighted by molar-refractivity contribution is 6.30. The summed E-state index contributed by atoms with van der Waals surface area (Å²) in [6.07, 6.45) is 0.805. The van der Waals surface area contributed by atoms with E-state index in [9.17, 15) is 4.39 Å². The van der Waals surface area contributed by atoms with Crippen LogP contribution in [0.1, 0.15) is 18.1 Å². The maximum absolute atomic E-state index is 13.1. The van der Waals surface area contributed by atoms with Gasteiger partial charge in [0.05, 0.1) is 5.02 Å². The van der Waals surface area contributed by atoms with Gasteiger partial charge in [0.25, 0.3) is 0 Å². The second kappa shape index (κ2) is 6.73. The lowest BCUT2D eigenvalue weighted by molar-refractivity contribution is 0.305. The summed E-state index contributed by atoms with van der Waals surface area (Å²) in [6.45, 7) is 2.32. The number of hydrogen-bond acceptors (Lipinski definition) is 2. The van der Waals surface area contributed by atoms with Gasteiger partial charge >= 0.3 is 0 Å². The van der Waals surface area contributed by atoms with Crippen LogP contribution >= 0.6 is 11.6 Å². The third-order valence-corrected chi connectivity index (χ3v) is 3.14. The Bertz CT molecular complexity index is 586. The van der Waals surface area contributed by atoms with Crippen LogP contribution in [0.5, 0.6) is 5.75 Å². The van der Waals surface area contributed by atoms with Crippen LogP contribution in [-0.4, -0.2) is 6.04 Å². The molecule has 0 aromatic heterocycles. The Morgan fingerprint density at radius 1 is 1.20 bits per heavy atom. The third kappa shape index (κ3) is 4.22. The van der Waals surface area contributed by atoms with Gasteiger partial charge in [-0.15, -0.1) is 0 Å². The molecular formula is C16H17ClFNO. The van der Waals surface area contributed by atoms with E-state index in [-0.39, 0.29) is 11.1 Å². The van der Waals surface area contributed by atoms with Gasteiger partial charge in [0.1, 0.15) is 18.2 Å². The first-order valence-corrected chi connectivity index (χ1v) is 6.83. The molecule has 20 heavy (non-hydrogen) atoms. The molecule has 0 heterocycles. The molecule has 0 bridgehead atoms. The topological polar surface area (TPSA) is 35.2 Å². The van der Waals surface area contributed by atoms with Crippen molar-refractivity contribution in [2.24, 2.45) is 5.73 Å². The van der Waals surface area contributed by atoms with Crippen LogP contribution in [0.25, 0.3) is 0 Å². The number of ether oxygens (including phenoxy) is 1. The highest BCUT2D eigenvalue weighted by atomic mass is 35.5. The lowest BCUT2D eigenvalue weighted by atomic mass is 10.1. The van der Waals surface area contributed by atoms with E-state index in [4.69, 9.17) is 22.1 Å². The van der Waals surface area contributed by atoms with Crippen molar-refractivity contribution < 1.29 is 9.13 Å². The Hall–Kier alpha value is -1.58. The van der Waals surface area contributed by atoms with E-state index in [1.807, 2.05) is 31.2 Å². The predicted octanol–water partition coefficient (Wildman–Crippen LogP) is 3.95. The van der Waals surface area contributed by atoms with Crippen LogP contribution < -0.4 is 10.5 Å².